The summed E-state index contributed by atoms with van der Waals surface area (Å²) in [6.45, 7) is 5.76. The molecule has 21 heavy (non-hydrogen) atoms. The predicted octanol–water partition coefficient (Wildman–Crippen LogP) is -0.833. The molecular weight excluding hydrogens is 469 g/mol. The van der Waals surface area contributed by atoms with E-state index in [9.17, 15) is 0 Å². The van der Waals surface area contributed by atoms with Gasteiger partial charge in [0.15, 0.2) is 0 Å². The summed E-state index contributed by atoms with van der Waals surface area (Å²) in [5.41, 5.74) is 1.84. The standard InChI is InChI=1S/C15H18N4.Au.ClH/c1-15(2,11-16-9-13-5-3-7-18-13)12-17-10-14-6-4-8-19-14;;/h3-10H,11-12H2,1-2H3;;1H/q-2;+3;/p-1. The number of hydrogen-bond donors (Lipinski definition) is 0. The van der Waals surface area contributed by atoms with Crippen molar-refractivity contribution in [1.82, 2.24) is 9.97 Å². The van der Waals surface area contributed by atoms with Crippen LogP contribution < -0.4 is 22.4 Å². The van der Waals surface area contributed by atoms with Gasteiger partial charge in [0.25, 0.3) is 0 Å². The molecule has 0 amide bonds. The fourth-order valence-electron chi connectivity index (χ4n) is 1.60. The van der Waals surface area contributed by atoms with Crippen LogP contribution in [0.5, 0.6) is 0 Å². The van der Waals surface area contributed by atoms with Crippen LogP contribution in [0.15, 0.2) is 46.6 Å². The maximum Gasteiger partial charge on any atom is 3.00 e. The number of nitrogens with zero attached hydrogens (tertiary/aromatic N) is 4. The Morgan fingerprint density at radius 1 is 0.952 bits per heavy atom. The topological polar surface area (TPSA) is 52.9 Å². The Bertz CT molecular complexity index is 482. The molecule has 116 valence electrons. The van der Waals surface area contributed by atoms with E-state index in [0.717, 1.165) is 24.5 Å². The minimum Gasteiger partial charge on any atom is -1.00 e. The minimum absolute atomic E-state index is 0. The van der Waals surface area contributed by atoms with Gasteiger partial charge in [0.2, 0.25) is 0 Å². The summed E-state index contributed by atoms with van der Waals surface area (Å²) in [6.07, 6.45) is 7.15. The zero-order valence-electron chi connectivity index (χ0n) is 12.0. The first-order chi connectivity index (χ1) is 9.16. The first-order valence-electron chi connectivity index (χ1n) is 6.31. The van der Waals surface area contributed by atoms with Crippen LogP contribution in [-0.4, -0.2) is 25.5 Å². The van der Waals surface area contributed by atoms with Gasteiger partial charge in [-0.15, -0.1) is 11.4 Å². The average molecular weight is 487 g/mol. The van der Waals surface area contributed by atoms with Crippen molar-refractivity contribution in [3.8, 4) is 0 Å². The van der Waals surface area contributed by atoms with E-state index in [1.807, 2.05) is 36.7 Å². The third kappa shape index (κ3) is 7.48. The van der Waals surface area contributed by atoms with Crippen molar-refractivity contribution in [3.05, 3.63) is 48.0 Å². The van der Waals surface area contributed by atoms with Gasteiger partial charge in [-0.2, -0.15) is 12.4 Å². The Balaban J connectivity index is 0.00000200. The van der Waals surface area contributed by atoms with E-state index in [2.05, 4.69) is 33.8 Å². The number of hydrogen-bond acceptors (Lipinski definition) is 2. The number of halogens is 1. The zero-order valence-corrected chi connectivity index (χ0v) is 14.9. The fraction of sp³-hybridized carbons (Fsp3) is 0.333. The van der Waals surface area contributed by atoms with Crippen molar-refractivity contribution >= 4 is 12.4 Å². The van der Waals surface area contributed by atoms with Gasteiger partial charge in [-0.1, -0.05) is 38.1 Å². The van der Waals surface area contributed by atoms with Crippen LogP contribution in [0.25, 0.3) is 0 Å². The summed E-state index contributed by atoms with van der Waals surface area (Å²) in [6, 6.07) is 7.69. The summed E-state index contributed by atoms with van der Waals surface area (Å²) < 4.78 is 0. The molecular formula is C15H18AuClN4. The molecule has 0 aliphatic rings. The molecule has 0 N–H and O–H groups in total. The van der Waals surface area contributed by atoms with Crippen LogP contribution in [0.1, 0.15) is 25.2 Å². The van der Waals surface area contributed by atoms with E-state index in [1.54, 1.807) is 12.4 Å². The molecule has 2 aromatic heterocycles. The van der Waals surface area contributed by atoms with Gasteiger partial charge >= 0.3 is 22.4 Å². The van der Waals surface area contributed by atoms with Crippen molar-refractivity contribution < 1.29 is 34.8 Å². The van der Waals surface area contributed by atoms with Crippen LogP contribution in [0.3, 0.4) is 0 Å². The molecule has 4 nitrogen and oxygen atoms in total. The Labute approximate surface area is 147 Å². The third-order valence-electron chi connectivity index (χ3n) is 2.64. The second-order valence-electron chi connectivity index (χ2n) is 5.23. The quantitative estimate of drug-likeness (QED) is 0.395. The smallest absolute Gasteiger partial charge is 1.00 e. The Kier molecular flexibility index (Phi) is 9.29. The van der Waals surface area contributed by atoms with Crippen molar-refractivity contribution in [2.45, 2.75) is 13.8 Å². The molecule has 2 aromatic rings. The van der Waals surface area contributed by atoms with Gasteiger partial charge in [-0.25, -0.2) is 0 Å². The maximum atomic E-state index is 4.42. The molecule has 0 bridgehead atoms. The van der Waals surface area contributed by atoms with Gasteiger partial charge in [-0.3, -0.25) is 9.98 Å². The number of aliphatic imine (C=N–C) groups is 2. The molecule has 0 radical (unpaired) electrons. The third-order valence-corrected chi connectivity index (χ3v) is 2.64. The Morgan fingerprint density at radius 2 is 1.38 bits per heavy atom. The maximum absolute atomic E-state index is 4.42. The van der Waals surface area contributed by atoms with E-state index >= 15 is 0 Å². The summed E-state index contributed by atoms with van der Waals surface area (Å²) in [4.78, 5) is 17.1. The molecule has 0 unspecified atom stereocenters. The van der Waals surface area contributed by atoms with E-state index in [0.29, 0.717) is 0 Å². The Hall–Kier alpha value is -1.07. The molecule has 0 fully saturated rings. The van der Waals surface area contributed by atoms with E-state index in [4.69, 9.17) is 0 Å². The molecule has 2 rings (SSSR count). The van der Waals surface area contributed by atoms with E-state index in [-0.39, 0.29) is 40.2 Å². The molecule has 0 spiro atoms. The minimum atomic E-state index is 0. The SMILES string of the molecule is CC(C)(CN=Cc1ccc[n-]1)CN=Cc1ccc[n-]1.[Au+3].[Cl-]. The average Bonchev–Trinajstić information content (AvgIpc) is 3.01. The summed E-state index contributed by atoms with van der Waals surface area (Å²) >= 11 is 0. The van der Waals surface area contributed by atoms with Gasteiger partial charge in [0, 0.05) is 30.9 Å². The molecule has 0 aromatic carbocycles. The van der Waals surface area contributed by atoms with Crippen LogP contribution in [0.2, 0.25) is 0 Å². The first kappa shape index (κ1) is 19.9. The fourth-order valence-corrected chi connectivity index (χ4v) is 1.60. The molecule has 0 saturated heterocycles. The monoisotopic (exact) mass is 486 g/mol. The summed E-state index contributed by atoms with van der Waals surface area (Å²) in [5, 5.41) is 0. The van der Waals surface area contributed by atoms with Crippen molar-refractivity contribution in [1.29, 1.82) is 0 Å². The zero-order chi connectivity index (χ0) is 13.6. The van der Waals surface area contributed by atoms with Crippen LogP contribution in [0.4, 0.5) is 0 Å². The second-order valence-corrected chi connectivity index (χ2v) is 5.23. The van der Waals surface area contributed by atoms with E-state index < -0.39 is 0 Å². The normalized spacial score (nSPS) is 11.5. The molecule has 0 aliphatic carbocycles. The van der Waals surface area contributed by atoms with Gasteiger partial charge in [0.1, 0.15) is 0 Å². The van der Waals surface area contributed by atoms with Crippen molar-refractivity contribution in [3.63, 3.8) is 0 Å². The Morgan fingerprint density at radius 3 is 1.71 bits per heavy atom. The van der Waals surface area contributed by atoms with Gasteiger partial charge in [0.05, 0.1) is 0 Å². The first-order valence-corrected chi connectivity index (χ1v) is 6.31. The summed E-state index contributed by atoms with van der Waals surface area (Å²) in [5.74, 6) is 0. The van der Waals surface area contributed by atoms with Crippen molar-refractivity contribution in [2.75, 3.05) is 13.1 Å². The molecule has 0 saturated carbocycles. The van der Waals surface area contributed by atoms with Gasteiger partial charge < -0.3 is 22.4 Å². The van der Waals surface area contributed by atoms with Gasteiger partial charge in [-0.05, 0) is 0 Å². The van der Waals surface area contributed by atoms with E-state index in [1.165, 1.54) is 0 Å². The van der Waals surface area contributed by atoms with Crippen LogP contribution >= 0.6 is 0 Å². The largest absolute Gasteiger partial charge is 3.00 e. The predicted molar refractivity (Wildman–Crippen MR) is 78.2 cm³/mol. The van der Waals surface area contributed by atoms with Crippen LogP contribution in [-0.2, 0) is 22.4 Å². The number of rotatable bonds is 6. The van der Waals surface area contributed by atoms with Crippen LogP contribution in [0, 0.1) is 5.41 Å². The number of aromatic nitrogens is 2. The summed E-state index contributed by atoms with van der Waals surface area (Å²) in [7, 11) is 0. The molecule has 0 aliphatic heterocycles. The molecule has 6 heteroatoms. The molecule has 0 atom stereocenters. The van der Waals surface area contributed by atoms with Crippen molar-refractivity contribution in [2.24, 2.45) is 15.4 Å². The molecule has 2 heterocycles. The second kappa shape index (κ2) is 9.79.